The van der Waals surface area contributed by atoms with Crippen LogP contribution in [-0.4, -0.2) is 36.3 Å². The number of benzene rings is 5. The van der Waals surface area contributed by atoms with Crippen LogP contribution in [0.1, 0.15) is 31.1 Å². The standard InChI is InChI=1S/C50H43N9.2ClHO4/c1-50(2)39-28-18-19-29-42(39)55(3)45(50)31-30-38(46-53-58-43(36-24-14-8-15-25-36)32-40(51-48(58)56(46)4)34-20-10-6-11-21-34)47-54-59-44(37-26-16-9-17-27-37)33-41(52-49(59)57(47)5)35-22-12-7-13-23-35;2*2-1(3,4)5/h6-33H,1-5H3;2*(H,2,3,4,5)/q+2;;/p-2/b45-31+;;. The van der Waals surface area contributed by atoms with Crippen LogP contribution in [0.15, 0.2) is 176 Å². The highest BCUT2D eigenvalue weighted by molar-refractivity contribution is 5.78. The van der Waals surface area contributed by atoms with E-state index in [4.69, 9.17) is 57.4 Å². The van der Waals surface area contributed by atoms with Crippen molar-refractivity contribution in [3.8, 4) is 45.0 Å². The lowest BCUT2D eigenvalue weighted by atomic mass is 9.83. The molecule has 0 amide bonds. The van der Waals surface area contributed by atoms with Crippen molar-refractivity contribution in [2.75, 3.05) is 11.9 Å². The first kappa shape index (κ1) is 48.2. The zero-order valence-electron chi connectivity index (χ0n) is 37.7. The molecule has 0 radical (unpaired) electrons. The average Bonchev–Trinajstić information content (AvgIpc) is 3.91. The Kier molecular flexibility index (Phi) is 13.5. The molecule has 0 bridgehead atoms. The second-order valence-corrected chi connectivity index (χ2v) is 17.8. The number of anilines is 1. The van der Waals surface area contributed by atoms with E-state index in [1.165, 1.54) is 11.3 Å². The van der Waals surface area contributed by atoms with Gasteiger partial charge in [-0.05, 0) is 23.8 Å². The number of nitrogens with zero attached hydrogens (tertiary/aromatic N) is 9. The number of aryl methyl sites for hydroxylation is 2. The van der Waals surface area contributed by atoms with Gasteiger partial charge in [-0.25, -0.2) is 46.4 Å². The maximum Gasteiger partial charge on any atom is 0.425 e. The summed E-state index contributed by atoms with van der Waals surface area (Å²) in [5, 5.41) is 10.8. The van der Waals surface area contributed by atoms with Crippen molar-refractivity contribution in [2.45, 2.75) is 19.3 Å². The van der Waals surface area contributed by atoms with E-state index in [-0.39, 0.29) is 5.41 Å². The SMILES string of the molecule is CN1/C(=C/C=C(c2n[n+]3c(-c4ccccc4)cc(-c4ccccc4)nc3n2C)c2n[n+]3c(-c4ccccc4)cc(-c4ccccc4)nc3n2C)C(C)(C)c2ccccc21.[O-][Cl+3]([O-])([O-])[O-].[O-][Cl+3]([O-])([O-])[O-]. The van der Waals surface area contributed by atoms with Crippen LogP contribution in [0.3, 0.4) is 0 Å². The normalized spacial score (nSPS) is 13.7. The summed E-state index contributed by atoms with van der Waals surface area (Å²) in [6, 6.07) is 54.3. The maximum atomic E-state index is 8.49. The van der Waals surface area contributed by atoms with Gasteiger partial charge in [0.05, 0.1) is 19.7 Å². The third kappa shape index (κ3) is 10.6. The fraction of sp³-hybridized carbons (Fsp3) is 0.120. The first-order valence-electron chi connectivity index (χ1n) is 21.1. The predicted molar refractivity (Wildman–Crippen MR) is 233 cm³/mol. The van der Waals surface area contributed by atoms with Crippen molar-refractivity contribution in [2.24, 2.45) is 14.1 Å². The van der Waals surface area contributed by atoms with Crippen molar-refractivity contribution in [1.29, 1.82) is 0 Å². The molecule has 0 unspecified atom stereocenters. The van der Waals surface area contributed by atoms with Gasteiger partial charge in [0, 0.05) is 58.2 Å². The fourth-order valence-electron chi connectivity index (χ4n) is 8.44. The first-order valence-corrected chi connectivity index (χ1v) is 23.6. The molecule has 0 atom stereocenters. The maximum absolute atomic E-state index is 8.49. The largest absolute Gasteiger partial charge is 0.425 e. The molecular formula is C50H43Cl2N9O8. The van der Waals surface area contributed by atoms with Gasteiger partial charge in [0.1, 0.15) is 11.4 Å². The lowest BCUT2D eigenvalue weighted by Gasteiger charge is -2.23. The van der Waals surface area contributed by atoms with E-state index in [0.29, 0.717) is 23.2 Å². The van der Waals surface area contributed by atoms with E-state index in [9.17, 15) is 0 Å². The summed E-state index contributed by atoms with van der Waals surface area (Å²) >= 11 is 0. The Morgan fingerprint density at radius 3 is 1.23 bits per heavy atom. The Morgan fingerprint density at radius 1 is 0.507 bits per heavy atom. The number of allylic oxidation sites excluding steroid dienone is 3. The molecule has 4 aromatic heterocycles. The number of rotatable bonds is 7. The van der Waals surface area contributed by atoms with Crippen molar-refractivity contribution < 1.29 is 66.8 Å². The molecule has 1 aliphatic rings. The number of hydrogen-bond donors (Lipinski definition) is 0. The van der Waals surface area contributed by atoms with Crippen molar-refractivity contribution >= 4 is 22.8 Å². The number of aromatic nitrogens is 8. The van der Waals surface area contributed by atoms with Gasteiger partial charge >= 0.3 is 11.6 Å². The minimum Gasteiger partial charge on any atom is -0.347 e. The molecule has 0 fully saturated rings. The number of hydrogen-bond acceptors (Lipinski definition) is 13. The zero-order chi connectivity index (χ0) is 49.3. The average molecular weight is 969 g/mol. The summed E-state index contributed by atoms with van der Waals surface area (Å²) in [6.07, 6.45) is 4.40. The summed E-state index contributed by atoms with van der Waals surface area (Å²) < 4.78 is 76.0. The van der Waals surface area contributed by atoms with Gasteiger partial charge in [0.2, 0.25) is 11.6 Å². The summed E-state index contributed by atoms with van der Waals surface area (Å²) in [4.78, 5) is 12.8. The molecule has 5 aromatic carbocycles. The second-order valence-electron chi connectivity index (χ2n) is 16.3. The predicted octanol–water partition coefficient (Wildman–Crippen LogP) is -0.680. The highest BCUT2D eigenvalue weighted by Crippen LogP contribution is 2.46. The molecule has 0 saturated carbocycles. The Morgan fingerprint density at radius 2 is 0.855 bits per heavy atom. The number of likely N-dealkylation sites (N-methyl/N-ethyl adjacent to an activating group) is 1. The van der Waals surface area contributed by atoms with Crippen LogP contribution in [0.25, 0.3) is 62.2 Å². The zero-order valence-corrected chi connectivity index (χ0v) is 39.2. The van der Waals surface area contributed by atoms with Crippen molar-refractivity contribution in [3.05, 3.63) is 193 Å². The van der Waals surface area contributed by atoms with Crippen LogP contribution >= 0.6 is 0 Å². The Balaban J connectivity index is 0.000000585. The van der Waals surface area contributed by atoms with E-state index in [2.05, 4.69) is 156 Å². The van der Waals surface area contributed by atoms with Gasteiger partial charge in [-0.15, -0.1) is 29.5 Å². The minimum absolute atomic E-state index is 0.242. The highest BCUT2D eigenvalue weighted by atomic mass is 35.7. The third-order valence-corrected chi connectivity index (χ3v) is 11.6. The van der Waals surface area contributed by atoms with Gasteiger partial charge in [0.25, 0.3) is 0 Å². The fourth-order valence-corrected chi connectivity index (χ4v) is 8.44. The molecule has 5 heterocycles. The van der Waals surface area contributed by atoms with E-state index in [1.54, 1.807) is 0 Å². The molecule has 69 heavy (non-hydrogen) atoms. The van der Waals surface area contributed by atoms with Crippen LogP contribution in [-0.2, 0) is 19.5 Å². The number of para-hydroxylation sites is 1. The third-order valence-electron chi connectivity index (χ3n) is 11.6. The Hall–Kier alpha value is -7.26. The lowest BCUT2D eigenvalue weighted by Crippen LogP contribution is -2.68. The first-order chi connectivity index (χ1) is 32.8. The molecule has 350 valence electrons. The van der Waals surface area contributed by atoms with Gasteiger partial charge in [0.15, 0.2) is 11.4 Å². The van der Waals surface area contributed by atoms with Crippen LogP contribution < -0.4 is 51.2 Å². The molecule has 0 aliphatic carbocycles. The Bertz CT molecular complexity index is 3150. The van der Waals surface area contributed by atoms with E-state index >= 15 is 0 Å². The quantitative estimate of drug-likeness (QED) is 0.180. The smallest absolute Gasteiger partial charge is 0.347 e. The van der Waals surface area contributed by atoms with Crippen LogP contribution in [0, 0.1) is 20.5 Å². The molecule has 0 spiro atoms. The second kappa shape index (κ2) is 19.4. The minimum atomic E-state index is -4.94. The molecule has 1 aliphatic heterocycles. The monoisotopic (exact) mass is 967 g/mol. The topological polar surface area (TPSA) is 257 Å². The van der Waals surface area contributed by atoms with Gasteiger partial charge < -0.3 is 4.90 Å². The number of fused-ring (bicyclic) bond motifs is 3. The van der Waals surface area contributed by atoms with Crippen molar-refractivity contribution in [1.82, 2.24) is 29.3 Å². The summed E-state index contributed by atoms with van der Waals surface area (Å²) in [5.74, 6) is 2.81. The van der Waals surface area contributed by atoms with Crippen molar-refractivity contribution in [3.63, 3.8) is 0 Å². The van der Waals surface area contributed by atoms with E-state index in [0.717, 1.165) is 56.3 Å². The van der Waals surface area contributed by atoms with Gasteiger partial charge in [-0.3, -0.25) is 0 Å². The lowest BCUT2D eigenvalue weighted by molar-refractivity contribution is -2.00. The molecule has 9 aromatic rings. The molecule has 0 saturated heterocycles. The van der Waals surface area contributed by atoms with Gasteiger partial charge in [-0.1, -0.05) is 174 Å². The Labute approximate surface area is 400 Å². The van der Waals surface area contributed by atoms with Crippen LogP contribution in [0.4, 0.5) is 5.69 Å². The van der Waals surface area contributed by atoms with Crippen LogP contribution in [0.5, 0.6) is 0 Å². The summed E-state index contributed by atoms with van der Waals surface area (Å²) in [6.45, 7) is 4.57. The van der Waals surface area contributed by atoms with E-state index < -0.39 is 20.5 Å². The molecule has 19 heteroatoms. The number of halogens is 2. The van der Waals surface area contributed by atoms with Crippen LogP contribution in [0.2, 0.25) is 0 Å². The van der Waals surface area contributed by atoms with Gasteiger partial charge in [-0.2, -0.15) is 0 Å². The van der Waals surface area contributed by atoms with E-state index in [1.807, 2.05) is 71.7 Å². The molecule has 10 rings (SSSR count). The molecular weight excluding hydrogens is 926 g/mol. The summed E-state index contributed by atoms with van der Waals surface area (Å²) in [5.41, 5.74) is 12.0. The molecule has 17 nitrogen and oxygen atoms in total. The molecule has 0 N–H and O–H groups in total. The summed E-state index contributed by atoms with van der Waals surface area (Å²) in [7, 11) is -3.67. The highest BCUT2D eigenvalue weighted by Gasteiger charge is 2.38.